The maximum Gasteiger partial charge on any atom is 0.241 e. The SMILES string of the molecule is Cc1n[nH]c(C)c1CCNC(=O)C(c1ccc(F)cc1)N(C)C. The fourth-order valence-corrected chi connectivity index (χ4v) is 2.68. The molecule has 0 aliphatic heterocycles. The molecule has 1 heterocycles. The van der Waals surface area contributed by atoms with Crippen LogP contribution in [0.3, 0.4) is 0 Å². The minimum absolute atomic E-state index is 0.0968. The van der Waals surface area contributed by atoms with Crippen LogP contribution < -0.4 is 5.32 Å². The van der Waals surface area contributed by atoms with E-state index in [0.717, 1.165) is 28.9 Å². The third kappa shape index (κ3) is 4.16. The smallest absolute Gasteiger partial charge is 0.241 e. The minimum atomic E-state index is -0.442. The lowest BCUT2D eigenvalue weighted by molar-refractivity contribution is -0.125. The molecule has 1 amide bonds. The highest BCUT2D eigenvalue weighted by molar-refractivity contribution is 5.83. The van der Waals surface area contributed by atoms with Crippen molar-refractivity contribution in [3.63, 3.8) is 0 Å². The highest BCUT2D eigenvalue weighted by Gasteiger charge is 2.22. The number of H-pyrrole nitrogens is 1. The van der Waals surface area contributed by atoms with E-state index in [1.54, 1.807) is 12.1 Å². The number of halogens is 1. The summed E-state index contributed by atoms with van der Waals surface area (Å²) in [5.41, 5.74) is 3.89. The first-order valence-electron chi connectivity index (χ1n) is 7.60. The zero-order chi connectivity index (χ0) is 17.0. The molecule has 0 bridgehead atoms. The molecule has 0 aliphatic rings. The number of rotatable bonds is 6. The van der Waals surface area contributed by atoms with Crippen LogP contribution in [0.15, 0.2) is 24.3 Å². The first-order valence-corrected chi connectivity index (χ1v) is 7.60. The van der Waals surface area contributed by atoms with E-state index in [1.165, 1.54) is 12.1 Å². The maximum absolute atomic E-state index is 13.1. The van der Waals surface area contributed by atoms with Gasteiger partial charge in [0.05, 0.1) is 5.69 Å². The van der Waals surface area contributed by atoms with Gasteiger partial charge in [-0.05, 0) is 57.6 Å². The number of nitrogens with one attached hydrogen (secondary N) is 2. The van der Waals surface area contributed by atoms with Crippen LogP contribution in [0, 0.1) is 19.7 Å². The molecule has 0 fully saturated rings. The van der Waals surface area contributed by atoms with Crippen molar-refractivity contribution in [1.29, 1.82) is 0 Å². The van der Waals surface area contributed by atoms with Crippen molar-refractivity contribution in [2.75, 3.05) is 20.6 Å². The molecule has 1 atom stereocenters. The van der Waals surface area contributed by atoms with Crippen LogP contribution in [0.25, 0.3) is 0 Å². The largest absolute Gasteiger partial charge is 0.354 e. The van der Waals surface area contributed by atoms with Crippen LogP contribution in [0.2, 0.25) is 0 Å². The molecule has 0 saturated carbocycles. The summed E-state index contributed by atoms with van der Waals surface area (Å²) in [6.07, 6.45) is 0.726. The topological polar surface area (TPSA) is 61.0 Å². The van der Waals surface area contributed by atoms with Crippen molar-refractivity contribution in [3.05, 3.63) is 52.6 Å². The second kappa shape index (κ2) is 7.37. The number of aromatic nitrogens is 2. The van der Waals surface area contributed by atoms with Gasteiger partial charge in [0.25, 0.3) is 0 Å². The second-order valence-corrected chi connectivity index (χ2v) is 5.87. The molecule has 2 aromatic rings. The van der Waals surface area contributed by atoms with E-state index in [-0.39, 0.29) is 11.7 Å². The molecule has 124 valence electrons. The van der Waals surface area contributed by atoms with E-state index in [2.05, 4.69) is 15.5 Å². The standard InChI is InChI=1S/C17H23FN4O/c1-11-15(12(2)21-20-11)9-10-19-17(23)16(22(3)4)13-5-7-14(18)8-6-13/h5-8,16H,9-10H2,1-4H3,(H,19,23)(H,20,21). The highest BCUT2D eigenvalue weighted by Crippen LogP contribution is 2.19. The van der Waals surface area contributed by atoms with E-state index < -0.39 is 6.04 Å². The van der Waals surface area contributed by atoms with E-state index in [1.807, 2.05) is 32.8 Å². The number of aromatic amines is 1. The van der Waals surface area contributed by atoms with E-state index in [4.69, 9.17) is 0 Å². The monoisotopic (exact) mass is 318 g/mol. The summed E-state index contributed by atoms with van der Waals surface area (Å²) in [6.45, 7) is 4.45. The minimum Gasteiger partial charge on any atom is -0.354 e. The van der Waals surface area contributed by atoms with E-state index >= 15 is 0 Å². The molecular weight excluding hydrogens is 295 g/mol. The number of hydrogen-bond acceptors (Lipinski definition) is 3. The van der Waals surface area contributed by atoms with Crippen LogP contribution in [0.4, 0.5) is 4.39 Å². The van der Waals surface area contributed by atoms with E-state index in [9.17, 15) is 9.18 Å². The second-order valence-electron chi connectivity index (χ2n) is 5.87. The fraction of sp³-hybridized carbons (Fsp3) is 0.412. The number of amides is 1. The normalized spacial score (nSPS) is 12.4. The predicted octanol–water partition coefficient (Wildman–Crippen LogP) is 2.13. The summed E-state index contributed by atoms with van der Waals surface area (Å²) < 4.78 is 13.1. The lowest BCUT2D eigenvalue weighted by Gasteiger charge is -2.24. The van der Waals surface area contributed by atoms with Gasteiger partial charge in [-0.3, -0.25) is 14.8 Å². The zero-order valence-electron chi connectivity index (χ0n) is 14.0. The van der Waals surface area contributed by atoms with Gasteiger partial charge in [-0.25, -0.2) is 4.39 Å². The van der Waals surface area contributed by atoms with Crippen molar-refractivity contribution < 1.29 is 9.18 Å². The number of likely N-dealkylation sites (N-methyl/N-ethyl adjacent to an activating group) is 1. The number of hydrogen-bond donors (Lipinski definition) is 2. The molecular formula is C17H23FN4O. The van der Waals surface area contributed by atoms with Crippen LogP contribution in [-0.2, 0) is 11.2 Å². The van der Waals surface area contributed by atoms with Crippen molar-refractivity contribution in [3.8, 4) is 0 Å². The molecule has 0 spiro atoms. The highest BCUT2D eigenvalue weighted by atomic mass is 19.1. The van der Waals surface area contributed by atoms with Crippen molar-refractivity contribution in [2.45, 2.75) is 26.3 Å². The van der Waals surface area contributed by atoms with Gasteiger partial charge >= 0.3 is 0 Å². The molecule has 2 rings (SSSR count). The van der Waals surface area contributed by atoms with Gasteiger partial charge in [0.15, 0.2) is 0 Å². The Kier molecular flexibility index (Phi) is 5.50. The summed E-state index contributed by atoms with van der Waals surface area (Å²) in [7, 11) is 3.66. The number of benzene rings is 1. The van der Waals surface area contributed by atoms with Crippen LogP contribution in [-0.4, -0.2) is 41.6 Å². The van der Waals surface area contributed by atoms with Gasteiger partial charge in [0, 0.05) is 12.2 Å². The molecule has 0 aliphatic carbocycles. The first-order chi connectivity index (χ1) is 10.9. The fourth-order valence-electron chi connectivity index (χ4n) is 2.68. The van der Waals surface area contributed by atoms with Crippen molar-refractivity contribution >= 4 is 5.91 Å². The van der Waals surface area contributed by atoms with Crippen LogP contribution >= 0.6 is 0 Å². The van der Waals surface area contributed by atoms with Crippen LogP contribution in [0.1, 0.15) is 28.6 Å². The Morgan fingerprint density at radius 3 is 2.48 bits per heavy atom. The van der Waals surface area contributed by atoms with Gasteiger partial charge in [0.2, 0.25) is 5.91 Å². The molecule has 5 nitrogen and oxygen atoms in total. The number of aryl methyl sites for hydroxylation is 2. The molecule has 6 heteroatoms. The summed E-state index contributed by atoms with van der Waals surface area (Å²) in [5.74, 6) is -0.405. The molecule has 2 N–H and O–H groups in total. The molecule has 1 unspecified atom stereocenters. The molecule has 0 saturated heterocycles. The van der Waals surface area contributed by atoms with Crippen LogP contribution in [0.5, 0.6) is 0 Å². The molecule has 1 aromatic heterocycles. The number of nitrogens with zero attached hydrogens (tertiary/aromatic N) is 2. The lowest BCUT2D eigenvalue weighted by Crippen LogP contribution is -2.38. The molecule has 0 radical (unpaired) electrons. The lowest BCUT2D eigenvalue weighted by atomic mass is 10.0. The van der Waals surface area contributed by atoms with Gasteiger partial charge in [-0.1, -0.05) is 12.1 Å². The average molecular weight is 318 g/mol. The average Bonchev–Trinajstić information content (AvgIpc) is 2.81. The number of carbonyl (C=O) groups excluding carboxylic acids is 1. The van der Waals surface area contributed by atoms with Crippen molar-refractivity contribution in [1.82, 2.24) is 20.4 Å². The summed E-state index contributed by atoms with van der Waals surface area (Å²) in [4.78, 5) is 14.3. The Hall–Kier alpha value is -2.21. The Morgan fingerprint density at radius 2 is 1.96 bits per heavy atom. The van der Waals surface area contributed by atoms with Gasteiger partial charge in [-0.2, -0.15) is 5.10 Å². The summed E-state index contributed by atoms with van der Waals surface area (Å²) in [5, 5.41) is 10.0. The number of carbonyl (C=O) groups is 1. The Labute approximate surface area is 135 Å². The van der Waals surface area contributed by atoms with Gasteiger partial charge < -0.3 is 5.32 Å². The van der Waals surface area contributed by atoms with Gasteiger partial charge in [0.1, 0.15) is 11.9 Å². The van der Waals surface area contributed by atoms with Gasteiger partial charge in [-0.15, -0.1) is 0 Å². The molecule has 1 aromatic carbocycles. The Bertz CT molecular complexity index is 644. The third-order valence-corrected chi connectivity index (χ3v) is 3.91. The quantitative estimate of drug-likeness (QED) is 0.858. The Balaban J connectivity index is 2.00. The molecule has 23 heavy (non-hydrogen) atoms. The summed E-state index contributed by atoms with van der Waals surface area (Å²) in [6, 6.07) is 5.59. The predicted molar refractivity (Wildman–Crippen MR) is 87.6 cm³/mol. The Morgan fingerprint density at radius 1 is 1.30 bits per heavy atom. The summed E-state index contributed by atoms with van der Waals surface area (Å²) >= 11 is 0. The van der Waals surface area contributed by atoms with Crippen molar-refractivity contribution in [2.24, 2.45) is 0 Å². The maximum atomic E-state index is 13.1. The van der Waals surface area contributed by atoms with E-state index in [0.29, 0.717) is 6.54 Å². The third-order valence-electron chi connectivity index (χ3n) is 3.91. The first kappa shape index (κ1) is 17.1. The zero-order valence-corrected chi connectivity index (χ0v) is 14.0.